The van der Waals surface area contributed by atoms with E-state index in [2.05, 4.69) is 54.3 Å². The van der Waals surface area contributed by atoms with Crippen molar-refractivity contribution < 1.29 is 4.74 Å². The Morgan fingerprint density at radius 3 is 2.48 bits per heavy atom. The lowest BCUT2D eigenvalue weighted by Gasteiger charge is -2.28. The third kappa shape index (κ3) is 3.74. The van der Waals surface area contributed by atoms with Crippen molar-refractivity contribution >= 4 is 0 Å². The highest BCUT2D eigenvalue weighted by Gasteiger charge is 2.24. The molecule has 0 spiro atoms. The Morgan fingerprint density at radius 1 is 1.04 bits per heavy atom. The van der Waals surface area contributed by atoms with Gasteiger partial charge in [0.1, 0.15) is 12.4 Å². The molecule has 122 valence electrons. The zero-order chi connectivity index (χ0) is 16.1. The van der Waals surface area contributed by atoms with Crippen LogP contribution in [-0.2, 0) is 6.61 Å². The van der Waals surface area contributed by atoms with E-state index in [1.54, 1.807) is 0 Å². The van der Waals surface area contributed by atoms with Crippen LogP contribution in [0.15, 0.2) is 48.5 Å². The van der Waals surface area contributed by atoms with Gasteiger partial charge in [0.15, 0.2) is 0 Å². The number of hydrogen-bond acceptors (Lipinski definition) is 3. The minimum atomic E-state index is 0.255. The second-order valence-corrected chi connectivity index (χ2v) is 6.25. The molecule has 0 aromatic heterocycles. The van der Waals surface area contributed by atoms with E-state index in [9.17, 15) is 0 Å². The molecule has 1 atom stereocenters. The Hall–Kier alpha value is -1.84. The molecule has 1 saturated heterocycles. The molecule has 23 heavy (non-hydrogen) atoms. The van der Waals surface area contributed by atoms with Crippen LogP contribution in [0.1, 0.15) is 35.6 Å². The van der Waals surface area contributed by atoms with E-state index in [-0.39, 0.29) is 6.04 Å². The summed E-state index contributed by atoms with van der Waals surface area (Å²) in [5.41, 5.74) is 9.79. The number of hydrogen-bond donors (Lipinski definition) is 1. The van der Waals surface area contributed by atoms with Crippen molar-refractivity contribution in [3.63, 3.8) is 0 Å². The number of rotatable bonds is 6. The zero-order valence-corrected chi connectivity index (χ0v) is 13.9. The molecule has 1 heterocycles. The molecule has 1 aliphatic rings. The van der Waals surface area contributed by atoms with E-state index in [0.717, 1.165) is 18.8 Å². The predicted molar refractivity (Wildman–Crippen MR) is 94.6 cm³/mol. The van der Waals surface area contributed by atoms with Gasteiger partial charge in [-0.25, -0.2) is 0 Å². The minimum absolute atomic E-state index is 0.255. The van der Waals surface area contributed by atoms with E-state index in [0.29, 0.717) is 13.2 Å². The Labute approximate surface area is 139 Å². The Kier molecular flexibility index (Phi) is 5.31. The number of likely N-dealkylation sites (tertiary alicyclic amines) is 1. The quantitative estimate of drug-likeness (QED) is 0.885. The molecule has 1 aliphatic heterocycles. The van der Waals surface area contributed by atoms with E-state index in [1.165, 1.54) is 29.5 Å². The van der Waals surface area contributed by atoms with E-state index < -0.39 is 0 Å². The second kappa shape index (κ2) is 7.62. The number of para-hydroxylation sites is 1. The maximum Gasteiger partial charge on any atom is 0.124 e. The van der Waals surface area contributed by atoms with E-state index in [4.69, 9.17) is 10.5 Å². The van der Waals surface area contributed by atoms with Crippen molar-refractivity contribution in [3.8, 4) is 5.75 Å². The van der Waals surface area contributed by atoms with Gasteiger partial charge in [0.25, 0.3) is 0 Å². The van der Waals surface area contributed by atoms with Gasteiger partial charge in [-0.05, 0) is 50.0 Å². The summed E-state index contributed by atoms with van der Waals surface area (Å²) in [5.74, 6) is 0.957. The number of ether oxygens (including phenoxy) is 1. The van der Waals surface area contributed by atoms with Gasteiger partial charge in [-0.3, -0.25) is 4.90 Å². The first kappa shape index (κ1) is 16.0. The lowest BCUT2D eigenvalue weighted by molar-refractivity contribution is 0.236. The molecule has 0 bridgehead atoms. The fourth-order valence-electron chi connectivity index (χ4n) is 3.34. The monoisotopic (exact) mass is 310 g/mol. The van der Waals surface area contributed by atoms with Crippen molar-refractivity contribution in [2.24, 2.45) is 5.73 Å². The molecule has 3 rings (SSSR count). The van der Waals surface area contributed by atoms with E-state index in [1.807, 2.05) is 6.07 Å². The summed E-state index contributed by atoms with van der Waals surface area (Å²) < 4.78 is 6.16. The molecular weight excluding hydrogens is 284 g/mol. The maximum absolute atomic E-state index is 6.16. The fraction of sp³-hybridized carbons (Fsp3) is 0.400. The molecule has 0 saturated carbocycles. The molecule has 0 amide bonds. The third-order valence-corrected chi connectivity index (χ3v) is 4.73. The molecular formula is C20H26N2O. The van der Waals surface area contributed by atoms with Crippen LogP contribution in [0.2, 0.25) is 0 Å². The van der Waals surface area contributed by atoms with E-state index >= 15 is 0 Å². The smallest absolute Gasteiger partial charge is 0.124 e. The summed E-state index contributed by atoms with van der Waals surface area (Å²) in [6, 6.07) is 17.0. The van der Waals surface area contributed by atoms with Crippen LogP contribution in [0.25, 0.3) is 0 Å². The van der Waals surface area contributed by atoms with Gasteiger partial charge in [0.2, 0.25) is 0 Å². The second-order valence-electron chi connectivity index (χ2n) is 6.25. The Morgan fingerprint density at radius 2 is 1.74 bits per heavy atom. The van der Waals surface area contributed by atoms with Gasteiger partial charge in [-0.2, -0.15) is 0 Å². The lowest BCUT2D eigenvalue weighted by atomic mass is 10.0. The van der Waals surface area contributed by atoms with Gasteiger partial charge in [-0.1, -0.05) is 42.5 Å². The normalized spacial score (nSPS) is 16.4. The molecule has 0 radical (unpaired) electrons. The lowest BCUT2D eigenvalue weighted by Crippen LogP contribution is -2.31. The SMILES string of the molecule is Cc1ccccc1COc1ccccc1C(CN)N1CCCC1. The highest BCUT2D eigenvalue weighted by Crippen LogP contribution is 2.31. The molecule has 0 aliphatic carbocycles. The van der Waals surface area contributed by atoms with Crippen LogP contribution in [0.3, 0.4) is 0 Å². The first-order valence-corrected chi connectivity index (χ1v) is 8.50. The van der Waals surface area contributed by atoms with Crippen molar-refractivity contribution in [3.05, 3.63) is 65.2 Å². The Balaban J connectivity index is 1.78. The molecule has 3 heteroatoms. The number of nitrogens with zero attached hydrogens (tertiary/aromatic N) is 1. The van der Waals surface area contributed by atoms with Crippen molar-refractivity contribution in [1.29, 1.82) is 0 Å². The van der Waals surface area contributed by atoms with Gasteiger partial charge >= 0.3 is 0 Å². The van der Waals surface area contributed by atoms with Gasteiger partial charge in [-0.15, -0.1) is 0 Å². The topological polar surface area (TPSA) is 38.5 Å². The molecule has 2 N–H and O–H groups in total. The third-order valence-electron chi connectivity index (χ3n) is 4.73. The average Bonchev–Trinajstić information content (AvgIpc) is 3.10. The number of nitrogens with two attached hydrogens (primary N) is 1. The molecule has 2 aromatic rings. The summed E-state index contributed by atoms with van der Waals surface area (Å²) in [4.78, 5) is 2.48. The highest BCUT2D eigenvalue weighted by molar-refractivity contribution is 5.37. The van der Waals surface area contributed by atoms with Crippen molar-refractivity contribution in [2.45, 2.75) is 32.4 Å². The molecule has 3 nitrogen and oxygen atoms in total. The minimum Gasteiger partial charge on any atom is -0.489 e. The van der Waals surface area contributed by atoms with Crippen molar-refractivity contribution in [1.82, 2.24) is 4.90 Å². The summed E-state index contributed by atoms with van der Waals surface area (Å²) in [6.07, 6.45) is 2.53. The van der Waals surface area contributed by atoms with Crippen LogP contribution < -0.4 is 10.5 Å². The van der Waals surface area contributed by atoms with Gasteiger partial charge in [0, 0.05) is 12.1 Å². The maximum atomic E-state index is 6.16. The van der Waals surface area contributed by atoms with Crippen LogP contribution >= 0.6 is 0 Å². The summed E-state index contributed by atoms with van der Waals surface area (Å²) in [5, 5.41) is 0. The molecule has 2 aromatic carbocycles. The van der Waals surface area contributed by atoms with Gasteiger partial charge in [0.05, 0.1) is 6.04 Å². The Bertz CT molecular complexity index is 635. The largest absolute Gasteiger partial charge is 0.489 e. The van der Waals surface area contributed by atoms with Crippen LogP contribution in [-0.4, -0.2) is 24.5 Å². The highest BCUT2D eigenvalue weighted by atomic mass is 16.5. The molecule has 1 fully saturated rings. The first-order chi connectivity index (χ1) is 11.3. The van der Waals surface area contributed by atoms with Crippen molar-refractivity contribution in [2.75, 3.05) is 19.6 Å². The zero-order valence-electron chi connectivity index (χ0n) is 13.9. The standard InChI is InChI=1S/C20H26N2O/c1-16-8-2-3-9-17(16)15-23-20-11-5-4-10-18(20)19(14-21)22-12-6-7-13-22/h2-5,8-11,19H,6-7,12-15,21H2,1H3. The summed E-state index contributed by atoms with van der Waals surface area (Å²) in [7, 11) is 0. The first-order valence-electron chi connectivity index (χ1n) is 8.50. The molecule has 1 unspecified atom stereocenters. The summed E-state index contributed by atoms with van der Waals surface area (Å²) in [6.45, 7) is 5.62. The number of benzene rings is 2. The van der Waals surface area contributed by atoms with Crippen LogP contribution in [0.4, 0.5) is 0 Å². The van der Waals surface area contributed by atoms with Gasteiger partial charge < -0.3 is 10.5 Å². The van der Waals surface area contributed by atoms with Crippen LogP contribution in [0.5, 0.6) is 5.75 Å². The predicted octanol–water partition coefficient (Wildman–Crippen LogP) is 3.67. The summed E-state index contributed by atoms with van der Waals surface area (Å²) >= 11 is 0. The fourth-order valence-corrected chi connectivity index (χ4v) is 3.34. The average molecular weight is 310 g/mol. The van der Waals surface area contributed by atoms with Crippen LogP contribution in [0, 0.1) is 6.92 Å². The number of aryl methyl sites for hydroxylation is 1.